The van der Waals surface area contributed by atoms with Crippen LogP contribution in [0.4, 0.5) is 4.39 Å². The molecule has 4 aromatic rings. The van der Waals surface area contributed by atoms with Gasteiger partial charge in [0.1, 0.15) is 16.3 Å². The van der Waals surface area contributed by atoms with E-state index >= 15 is 0 Å². The lowest BCUT2D eigenvalue weighted by molar-refractivity contribution is 0.0407. The van der Waals surface area contributed by atoms with Gasteiger partial charge in [0, 0.05) is 37.6 Å². The third-order valence-corrected chi connectivity index (χ3v) is 7.38. The number of halogens is 1. The topological polar surface area (TPSA) is 45.6 Å². The highest BCUT2D eigenvalue weighted by molar-refractivity contribution is 7.16. The minimum Gasteiger partial charge on any atom is -0.334 e. The lowest BCUT2D eigenvalue weighted by Crippen LogP contribution is -2.55. The number of nitrogens with zero attached hydrogens (tertiary/aromatic N) is 3. The minimum atomic E-state index is -0.521. The number of carbonyl (C=O) groups is 2. The molecular weight excluding hydrogens is 449 g/mol. The fourth-order valence-electron chi connectivity index (χ4n) is 4.70. The molecule has 0 saturated carbocycles. The highest BCUT2D eigenvalue weighted by Gasteiger charge is 2.33. The van der Waals surface area contributed by atoms with Crippen molar-refractivity contribution in [1.29, 1.82) is 0 Å². The van der Waals surface area contributed by atoms with Crippen molar-refractivity contribution >= 4 is 33.4 Å². The van der Waals surface area contributed by atoms with E-state index in [4.69, 9.17) is 0 Å². The number of thiophene rings is 1. The van der Waals surface area contributed by atoms with Gasteiger partial charge in [-0.1, -0.05) is 42.0 Å². The Morgan fingerprint density at radius 1 is 1.03 bits per heavy atom. The number of aromatic nitrogens is 1. The largest absolute Gasteiger partial charge is 0.334 e. The third-order valence-electron chi connectivity index (χ3n) is 6.42. The second kappa shape index (κ2) is 9.06. The molecule has 1 aliphatic rings. The van der Waals surface area contributed by atoms with Crippen LogP contribution in [0.2, 0.25) is 0 Å². The smallest absolute Gasteiger partial charge is 0.270 e. The molecule has 2 amide bonds. The number of fused-ring (bicyclic) bond motifs is 1. The van der Waals surface area contributed by atoms with E-state index in [-0.39, 0.29) is 23.4 Å². The van der Waals surface area contributed by atoms with Crippen molar-refractivity contribution in [2.24, 2.45) is 0 Å². The molecular formula is C27H26FN3O2S. The molecule has 0 N–H and O–H groups in total. The molecule has 2 aromatic heterocycles. The quantitative estimate of drug-likeness (QED) is 0.408. The molecule has 0 aliphatic carbocycles. The molecule has 0 spiro atoms. The zero-order valence-corrected chi connectivity index (χ0v) is 20.0. The lowest BCUT2D eigenvalue weighted by Gasteiger charge is -2.40. The van der Waals surface area contributed by atoms with Crippen LogP contribution in [0.5, 0.6) is 0 Å². The number of benzene rings is 2. The number of piperazine rings is 1. The van der Waals surface area contributed by atoms with E-state index in [1.807, 2.05) is 30.5 Å². The predicted molar refractivity (Wildman–Crippen MR) is 133 cm³/mol. The fraction of sp³-hybridized carbons (Fsp3) is 0.259. The summed E-state index contributed by atoms with van der Waals surface area (Å²) in [5.41, 5.74) is 3.06. The van der Waals surface area contributed by atoms with Crippen molar-refractivity contribution in [1.82, 2.24) is 14.4 Å². The van der Waals surface area contributed by atoms with Gasteiger partial charge in [-0.3, -0.25) is 9.59 Å². The van der Waals surface area contributed by atoms with Crippen LogP contribution in [0.15, 0.2) is 66.0 Å². The summed E-state index contributed by atoms with van der Waals surface area (Å²) in [4.78, 5) is 31.1. The van der Waals surface area contributed by atoms with Crippen molar-refractivity contribution in [3.63, 3.8) is 0 Å². The van der Waals surface area contributed by atoms with Gasteiger partial charge >= 0.3 is 0 Å². The lowest BCUT2D eigenvalue weighted by atomic mass is 10.1. The molecule has 0 radical (unpaired) electrons. The fourth-order valence-corrected chi connectivity index (χ4v) is 5.59. The number of aryl methyl sites for hydroxylation is 1. The van der Waals surface area contributed by atoms with Gasteiger partial charge in [0.15, 0.2) is 0 Å². The maximum atomic E-state index is 14.2. The van der Waals surface area contributed by atoms with Crippen molar-refractivity contribution in [3.8, 4) is 0 Å². The van der Waals surface area contributed by atoms with Gasteiger partial charge in [-0.05, 0) is 49.1 Å². The van der Waals surface area contributed by atoms with E-state index in [1.54, 1.807) is 33.3 Å². The summed E-state index contributed by atoms with van der Waals surface area (Å²) in [6, 6.07) is 18.1. The maximum absolute atomic E-state index is 14.2. The number of amides is 2. The van der Waals surface area contributed by atoms with E-state index in [9.17, 15) is 14.0 Å². The monoisotopic (exact) mass is 475 g/mol. The molecule has 1 atom stereocenters. The molecule has 5 nitrogen and oxygen atoms in total. The Kier molecular flexibility index (Phi) is 5.96. The highest BCUT2D eigenvalue weighted by atomic mass is 32.1. The summed E-state index contributed by atoms with van der Waals surface area (Å²) < 4.78 is 16.2. The summed E-state index contributed by atoms with van der Waals surface area (Å²) in [6.45, 7) is 5.77. The Bertz CT molecular complexity index is 1380. The van der Waals surface area contributed by atoms with Crippen molar-refractivity contribution in [3.05, 3.63) is 94.2 Å². The molecule has 2 aromatic carbocycles. The van der Waals surface area contributed by atoms with Gasteiger partial charge in [0.2, 0.25) is 0 Å². The first-order valence-electron chi connectivity index (χ1n) is 11.4. The number of rotatable bonds is 4. The van der Waals surface area contributed by atoms with Crippen LogP contribution in [0.3, 0.4) is 0 Å². The van der Waals surface area contributed by atoms with Gasteiger partial charge in [-0.25, -0.2) is 4.39 Å². The van der Waals surface area contributed by atoms with E-state index < -0.39 is 5.82 Å². The Morgan fingerprint density at radius 3 is 2.62 bits per heavy atom. The molecule has 5 rings (SSSR count). The zero-order chi connectivity index (χ0) is 23.8. The average molecular weight is 476 g/mol. The molecule has 1 saturated heterocycles. The van der Waals surface area contributed by atoms with Crippen LogP contribution in [0, 0.1) is 12.7 Å². The Labute approximate surface area is 202 Å². The maximum Gasteiger partial charge on any atom is 0.270 e. The Hall–Kier alpha value is -3.45. The number of hydrogen-bond acceptors (Lipinski definition) is 3. The Balaban J connectivity index is 1.37. The van der Waals surface area contributed by atoms with Crippen molar-refractivity contribution < 1.29 is 14.0 Å². The molecule has 1 fully saturated rings. The molecule has 3 heterocycles. The van der Waals surface area contributed by atoms with E-state index in [0.717, 1.165) is 15.8 Å². The minimum absolute atomic E-state index is 0.0408. The van der Waals surface area contributed by atoms with Crippen molar-refractivity contribution in [2.45, 2.75) is 26.4 Å². The molecule has 7 heteroatoms. The molecule has 34 heavy (non-hydrogen) atoms. The second-order valence-electron chi connectivity index (χ2n) is 8.86. The van der Waals surface area contributed by atoms with Gasteiger partial charge in [-0.15, -0.1) is 11.3 Å². The first-order chi connectivity index (χ1) is 16.4. The van der Waals surface area contributed by atoms with Gasteiger partial charge < -0.3 is 14.4 Å². The summed E-state index contributed by atoms with van der Waals surface area (Å²) in [7, 11) is 0. The first-order valence-corrected chi connectivity index (χ1v) is 12.3. The zero-order valence-electron chi connectivity index (χ0n) is 19.2. The second-order valence-corrected chi connectivity index (χ2v) is 9.76. The molecule has 1 aliphatic heterocycles. The molecule has 174 valence electrons. The molecule has 0 bridgehead atoms. The average Bonchev–Trinajstić information content (AvgIpc) is 3.41. The first kappa shape index (κ1) is 22.3. The van der Waals surface area contributed by atoms with E-state index in [0.29, 0.717) is 31.9 Å². The van der Waals surface area contributed by atoms with Crippen LogP contribution >= 0.6 is 11.3 Å². The van der Waals surface area contributed by atoms with Crippen LogP contribution in [-0.2, 0) is 6.54 Å². The van der Waals surface area contributed by atoms with Crippen LogP contribution < -0.4 is 0 Å². The van der Waals surface area contributed by atoms with E-state index in [1.165, 1.54) is 17.7 Å². The molecule has 0 unspecified atom stereocenters. The Morgan fingerprint density at radius 2 is 1.85 bits per heavy atom. The summed E-state index contributed by atoms with van der Waals surface area (Å²) >= 11 is 1.63. The van der Waals surface area contributed by atoms with Crippen LogP contribution in [0.25, 0.3) is 10.2 Å². The summed E-state index contributed by atoms with van der Waals surface area (Å²) in [5, 5.41) is 3.10. The number of hydrogen-bond donors (Lipinski definition) is 0. The SMILES string of the molecule is Cc1cccc(Cn2c(C(=O)N3CCN(C(=O)c4ccccc4F)[C@@H](C)C3)cc3ccsc32)c1. The highest BCUT2D eigenvalue weighted by Crippen LogP contribution is 2.28. The number of carbonyl (C=O) groups excluding carboxylic acids is 2. The van der Waals surface area contributed by atoms with Gasteiger partial charge in [0.05, 0.1) is 5.56 Å². The van der Waals surface area contributed by atoms with Crippen LogP contribution in [0.1, 0.15) is 38.9 Å². The predicted octanol–water partition coefficient (Wildman–Crippen LogP) is 5.19. The van der Waals surface area contributed by atoms with Gasteiger partial charge in [0.25, 0.3) is 11.8 Å². The summed E-state index contributed by atoms with van der Waals surface area (Å²) in [5.74, 6) is -0.894. The van der Waals surface area contributed by atoms with Crippen molar-refractivity contribution in [2.75, 3.05) is 19.6 Å². The van der Waals surface area contributed by atoms with Gasteiger partial charge in [-0.2, -0.15) is 0 Å². The van der Waals surface area contributed by atoms with E-state index in [2.05, 4.69) is 29.7 Å². The standard InChI is InChI=1S/C27H26FN3O2S/c1-18-6-5-7-20(14-18)17-31-24(15-21-10-13-34-27(21)31)26(33)29-11-12-30(19(2)16-29)25(32)22-8-3-4-9-23(22)28/h3-10,13-15,19H,11-12,16-17H2,1-2H3/t19-/m0/s1. The summed E-state index contributed by atoms with van der Waals surface area (Å²) in [6.07, 6.45) is 0. The normalized spacial score (nSPS) is 16.3. The third kappa shape index (κ3) is 4.12. The van der Waals surface area contributed by atoms with Crippen LogP contribution in [-0.4, -0.2) is 51.9 Å².